The number of aromatic amines is 1. The molecule has 2 atom stereocenters. The number of piperidine rings is 1. The zero-order valence-corrected chi connectivity index (χ0v) is 20.3. The number of nitrogens with one attached hydrogen (secondary N) is 3. The summed E-state index contributed by atoms with van der Waals surface area (Å²) in [7, 11) is 0. The molecule has 6 rings (SSSR count). The molecule has 3 aromatic rings. The first kappa shape index (κ1) is 24.0. The molecule has 1 saturated carbocycles. The lowest BCUT2D eigenvalue weighted by Crippen LogP contribution is -2.53. The van der Waals surface area contributed by atoms with Crippen LogP contribution in [0.5, 0.6) is 0 Å². The Morgan fingerprint density at radius 2 is 2.00 bits per heavy atom. The van der Waals surface area contributed by atoms with Crippen LogP contribution in [0, 0.1) is 0 Å². The van der Waals surface area contributed by atoms with Crippen LogP contribution in [0.4, 0.5) is 30.8 Å². The summed E-state index contributed by atoms with van der Waals surface area (Å²) < 4.78 is 40.3. The van der Waals surface area contributed by atoms with Gasteiger partial charge in [0.05, 0.1) is 6.54 Å². The van der Waals surface area contributed by atoms with Gasteiger partial charge in [0.15, 0.2) is 11.6 Å². The van der Waals surface area contributed by atoms with E-state index in [2.05, 4.69) is 25.9 Å². The van der Waals surface area contributed by atoms with Crippen molar-refractivity contribution in [3.8, 4) is 0 Å². The molecule has 10 nitrogen and oxygen atoms in total. The molecule has 198 valence electrons. The predicted octanol–water partition coefficient (Wildman–Crippen LogP) is 3.19. The lowest BCUT2D eigenvalue weighted by atomic mass is 10.0. The summed E-state index contributed by atoms with van der Waals surface area (Å²) in [6, 6.07) is 4.99. The van der Waals surface area contributed by atoms with Crippen molar-refractivity contribution in [2.24, 2.45) is 0 Å². The van der Waals surface area contributed by atoms with E-state index in [1.54, 1.807) is 4.52 Å². The van der Waals surface area contributed by atoms with E-state index in [4.69, 9.17) is 4.98 Å². The predicted molar refractivity (Wildman–Crippen MR) is 131 cm³/mol. The summed E-state index contributed by atoms with van der Waals surface area (Å²) in [6.07, 6.45) is 2.63. The van der Waals surface area contributed by atoms with Gasteiger partial charge in [0.25, 0.3) is 0 Å². The van der Waals surface area contributed by atoms with Crippen molar-refractivity contribution in [2.75, 3.05) is 36.4 Å². The molecule has 1 unspecified atom stereocenters. The first-order valence-corrected chi connectivity index (χ1v) is 12.9. The van der Waals surface area contributed by atoms with Crippen molar-refractivity contribution >= 4 is 29.0 Å². The minimum atomic E-state index is -4.25. The molecule has 0 aromatic carbocycles. The number of H-pyrrole nitrogens is 1. The Morgan fingerprint density at radius 3 is 2.81 bits per heavy atom. The standard InChI is InChI=1S/C24H30F3N9O/c25-24(26,27)14-34-9-1-4-16(13-34)28-22(37)19-6-2-10-35(19)23-30-21(18-5-3-11-36(18)33-23)29-20-12-17(31-32-20)15-7-8-15/h3,5,11-12,15-16,19H,1-2,4,6-10,13-14H2,(H,28,37)(H2,29,30,31,32,33)/t16?,19-/m0/s1. The Bertz CT molecular complexity index is 1270. The average Bonchev–Trinajstić information content (AvgIpc) is 3.23. The van der Waals surface area contributed by atoms with Crippen molar-refractivity contribution in [2.45, 2.75) is 62.7 Å². The van der Waals surface area contributed by atoms with E-state index in [-0.39, 0.29) is 18.5 Å². The molecule has 1 amide bonds. The van der Waals surface area contributed by atoms with Gasteiger partial charge in [-0.05, 0) is 57.2 Å². The minimum Gasteiger partial charge on any atom is -0.350 e. The van der Waals surface area contributed by atoms with Gasteiger partial charge in [0.1, 0.15) is 11.6 Å². The van der Waals surface area contributed by atoms with E-state index in [0.29, 0.717) is 55.9 Å². The number of alkyl halides is 3. The zero-order valence-electron chi connectivity index (χ0n) is 20.3. The fraction of sp³-hybridized carbons (Fsp3) is 0.583. The first-order chi connectivity index (χ1) is 17.8. The summed E-state index contributed by atoms with van der Waals surface area (Å²) in [6.45, 7) is 0.251. The van der Waals surface area contributed by atoms with E-state index in [9.17, 15) is 18.0 Å². The highest BCUT2D eigenvalue weighted by atomic mass is 19.4. The quantitative estimate of drug-likeness (QED) is 0.442. The SMILES string of the molecule is O=C(NC1CCCN(CC(F)(F)F)C1)[C@@H]1CCCN1c1nc(Nc2cc(C3CC3)[nH]n2)c2cccn2n1. The number of halogens is 3. The molecule has 0 spiro atoms. The van der Waals surface area contributed by atoms with Crippen LogP contribution >= 0.6 is 0 Å². The molecule has 37 heavy (non-hydrogen) atoms. The fourth-order valence-electron chi connectivity index (χ4n) is 5.41. The molecular weight excluding hydrogens is 487 g/mol. The molecule has 1 aliphatic carbocycles. The van der Waals surface area contributed by atoms with E-state index < -0.39 is 18.8 Å². The Kier molecular flexibility index (Phi) is 6.17. The molecule has 2 aliphatic heterocycles. The normalized spacial score (nSPS) is 23.1. The molecule has 0 bridgehead atoms. The van der Waals surface area contributed by atoms with Crippen LogP contribution in [-0.4, -0.2) is 80.0 Å². The van der Waals surface area contributed by atoms with E-state index in [1.165, 1.54) is 17.7 Å². The maximum absolute atomic E-state index is 13.3. The number of amides is 1. The van der Waals surface area contributed by atoms with Gasteiger partial charge in [-0.3, -0.25) is 14.8 Å². The zero-order chi connectivity index (χ0) is 25.6. The average molecular weight is 518 g/mol. The van der Waals surface area contributed by atoms with Crippen LogP contribution in [0.1, 0.15) is 50.1 Å². The summed E-state index contributed by atoms with van der Waals surface area (Å²) in [5.41, 5.74) is 1.89. The number of rotatable bonds is 7. The second-order valence-electron chi connectivity index (χ2n) is 10.3. The summed E-state index contributed by atoms with van der Waals surface area (Å²) in [5, 5.41) is 18.4. The number of nitrogens with zero attached hydrogens (tertiary/aromatic N) is 6. The van der Waals surface area contributed by atoms with Gasteiger partial charge in [-0.15, -0.1) is 5.10 Å². The van der Waals surface area contributed by atoms with Gasteiger partial charge in [-0.1, -0.05) is 0 Å². The molecule has 5 heterocycles. The number of hydrogen-bond acceptors (Lipinski definition) is 7. The van der Waals surface area contributed by atoms with Crippen molar-refractivity contribution in [3.05, 3.63) is 30.1 Å². The van der Waals surface area contributed by atoms with Gasteiger partial charge in [-0.2, -0.15) is 23.3 Å². The van der Waals surface area contributed by atoms with Gasteiger partial charge in [0.2, 0.25) is 11.9 Å². The number of anilines is 3. The van der Waals surface area contributed by atoms with Crippen LogP contribution < -0.4 is 15.5 Å². The van der Waals surface area contributed by atoms with E-state index in [0.717, 1.165) is 17.6 Å². The van der Waals surface area contributed by atoms with E-state index >= 15 is 0 Å². The number of carbonyl (C=O) groups excluding carboxylic acids is 1. The number of likely N-dealkylation sites (tertiary alicyclic amines) is 1. The first-order valence-electron chi connectivity index (χ1n) is 12.9. The topological polar surface area (TPSA) is 106 Å². The van der Waals surface area contributed by atoms with Crippen LogP contribution in [0.25, 0.3) is 5.52 Å². The largest absolute Gasteiger partial charge is 0.401 e. The van der Waals surface area contributed by atoms with Gasteiger partial charge in [-0.25, -0.2) is 4.52 Å². The smallest absolute Gasteiger partial charge is 0.350 e. The van der Waals surface area contributed by atoms with Crippen LogP contribution in [0.2, 0.25) is 0 Å². The third-order valence-electron chi connectivity index (χ3n) is 7.31. The maximum atomic E-state index is 13.3. The van der Waals surface area contributed by atoms with Crippen LogP contribution in [0.3, 0.4) is 0 Å². The van der Waals surface area contributed by atoms with Gasteiger partial charge < -0.3 is 15.5 Å². The van der Waals surface area contributed by atoms with E-state index in [1.807, 2.05) is 29.3 Å². The molecule has 3 N–H and O–H groups in total. The van der Waals surface area contributed by atoms with Crippen LogP contribution in [0.15, 0.2) is 24.4 Å². The number of fused-ring (bicyclic) bond motifs is 1. The highest BCUT2D eigenvalue weighted by Crippen LogP contribution is 2.39. The Hall–Kier alpha value is -3.35. The molecule has 13 heteroatoms. The van der Waals surface area contributed by atoms with Crippen molar-refractivity contribution in [1.82, 2.24) is 35.0 Å². The maximum Gasteiger partial charge on any atom is 0.401 e. The minimum absolute atomic E-state index is 0.191. The third-order valence-corrected chi connectivity index (χ3v) is 7.31. The highest BCUT2D eigenvalue weighted by Gasteiger charge is 2.37. The number of hydrogen-bond donors (Lipinski definition) is 3. The molecule has 3 aromatic heterocycles. The monoisotopic (exact) mass is 517 g/mol. The third kappa shape index (κ3) is 5.36. The fourth-order valence-corrected chi connectivity index (χ4v) is 5.41. The van der Waals surface area contributed by atoms with Crippen molar-refractivity contribution < 1.29 is 18.0 Å². The molecular formula is C24H30F3N9O. The second kappa shape index (κ2) is 9.51. The Balaban J connectivity index is 1.18. The van der Waals surface area contributed by atoms with Crippen molar-refractivity contribution in [3.63, 3.8) is 0 Å². The Morgan fingerprint density at radius 1 is 1.16 bits per heavy atom. The summed E-state index contributed by atoms with van der Waals surface area (Å²) in [5.74, 6) is 2.04. The molecule has 0 radical (unpaired) electrons. The van der Waals surface area contributed by atoms with Crippen LogP contribution in [-0.2, 0) is 4.79 Å². The van der Waals surface area contributed by atoms with Gasteiger partial charge >= 0.3 is 6.18 Å². The molecule has 3 aliphatic rings. The highest BCUT2D eigenvalue weighted by molar-refractivity contribution is 5.86. The summed E-state index contributed by atoms with van der Waals surface area (Å²) in [4.78, 5) is 21.3. The Labute approximate surface area is 211 Å². The number of aromatic nitrogens is 5. The van der Waals surface area contributed by atoms with Crippen molar-refractivity contribution in [1.29, 1.82) is 0 Å². The molecule has 2 saturated heterocycles. The van der Waals surface area contributed by atoms with Gasteiger partial charge in [0, 0.05) is 43.0 Å². The number of carbonyl (C=O) groups is 1. The lowest BCUT2D eigenvalue weighted by Gasteiger charge is -2.34. The summed E-state index contributed by atoms with van der Waals surface area (Å²) >= 11 is 0. The lowest BCUT2D eigenvalue weighted by molar-refractivity contribution is -0.148. The molecule has 3 fully saturated rings. The second-order valence-corrected chi connectivity index (χ2v) is 10.3.